The molecule has 0 radical (unpaired) electrons. The van der Waals surface area contributed by atoms with Gasteiger partial charge in [0.1, 0.15) is 6.10 Å². The summed E-state index contributed by atoms with van der Waals surface area (Å²) in [4.78, 5) is 12.9. The fraction of sp³-hybridized carbons (Fsp3) is 0.269. The van der Waals surface area contributed by atoms with Crippen molar-refractivity contribution >= 4 is 5.97 Å². The van der Waals surface area contributed by atoms with Crippen molar-refractivity contribution in [1.82, 2.24) is 0 Å². The van der Waals surface area contributed by atoms with E-state index in [2.05, 4.69) is 0 Å². The minimum Gasteiger partial charge on any atom is -0.456 e. The topological polar surface area (TPSA) is 54.0 Å². The summed E-state index contributed by atoms with van der Waals surface area (Å²) < 4.78 is 23.5. The molecule has 1 fully saturated rings. The second-order valence-electron chi connectivity index (χ2n) is 7.53. The Morgan fingerprint density at radius 3 is 1.65 bits per heavy atom. The summed E-state index contributed by atoms with van der Waals surface area (Å²) in [5.74, 6) is -1.96. The maximum Gasteiger partial charge on any atom is 0.367 e. The van der Waals surface area contributed by atoms with E-state index in [4.69, 9.17) is 18.9 Å². The summed E-state index contributed by atoms with van der Waals surface area (Å²) >= 11 is 0. The number of esters is 1. The smallest absolute Gasteiger partial charge is 0.367 e. The van der Waals surface area contributed by atoms with Crippen LogP contribution in [0.3, 0.4) is 0 Å². The van der Waals surface area contributed by atoms with Crippen molar-refractivity contribution in [1.29, 1.82) is 0 Å². The average molecular weight is 418 g/mol. The Bertz CT molecular complexity index is 900. The van der Waals surface area contributed by atoms with E-state index in [1.54, 1.807) is 0 Å². The fourth-order valence-corrected chi connectivity index (χ4v) is 3.47. The van der Waals surface area contributed by atoms with Crippen molar-refractivity contribution in [3.8, 4) is 0 Å². The molecule has 1 heterocycles. The lowest BCUT2D eigenvalue weighted by atomic mass is 10.1. The molecule has 4 rings (SSSR count). The van der Waals surface area contributed by atoms with Gasteiger partial charge in [0.15, 0.2) is 0 Å². The van der Waals surface area contributed by atoms with Gasteiger partial charge in [-0.2, -0.15) is 0 Å². The zero-order chi connectivity index (χ0) is 21.4. The zero-order valence-corrected chi connectivity index (χ0v) is 17.3. The third-order valence-electron chi connectivity index (χ3n) is 5.13. The van der Waals surface area contributed by atoms with Crippen molar-refractivity contribution in [2.45, 2.75) is 38.1 Å². The van der Waals surface area contributed by atoms with E-state index < -0.39 is 17.9 Å². The summed E-state index contributed by atoms with van der Waals surface area (Å²) in [5, 5.41) is 0. The van der Waals surface area contributed by atoms with Crippen LogP contribution in [0.2, 0.25) is 0 Å². The second kappa shape index (κ2) is 10.4. The maximum atomic E-state index is 12.9. The van der Waals surface area contributed by atoms with Gasteiger partial charge >= 0.3 is 5.97 Å². The molecule has 1 unspecified atom stereocenters. The molecule has 0 saturated carbocycles. The molecule has 0 spiro atoms. The SMILES string of the molecule is O=C1OC(COCc2ccccc2)CC1(OCc1ccccc1)OCc1ccccc1. The summed E-state index contributed by atoms with van der Waals surface area (Å²) in [7, 11) is 0. The largest absolute Gasteiger partial charge is 0.456 e. The van der Waals surface area contributed by atoms with E-state index in [1.165, 1.54) is 0 Å². The fourth-order valence-electron chi connectivity index (χ4n) is 3.47. The molecule has 31 heavy (non-hydrogen) atoms. The van der Waals surface area contributed by atoms with Crippen LogP contribution < -0.4 is 0 Å². The number of hydrogen-bond donors (Lipinski definition) is 0. The van der Waals surface area contributed by atoms with Gasteiger partial charge in [-0.3, -0.25) is 0 Å². The van der Waals surface area contributed by atoms with E-state index in [9.17, 15) is 4.79 Å². The Labute approximate surface area is 182 Å². The first-order chi connectivity index (χ1) is 15.2. The van der Waals surface area contributed by atoms with Gasteiger partial charge in [0.25, 0.3) is 5.79 Å². The van der Waals surface area contributed by atoms with Crippen molar-refractivity contribution in [3.05, 3.63) is 108 Å². The number of carbonyl (C=O) groups is 1. The second-order valence-corrected chi connectivity index (χ2v) is 7.53. The Kier molecular flexibility index (Phi) is 7.10. The Morgan fingerprint density at radius 2 is 1.16 bits per heavy atom. The van der Waals surface area contributed by atoms with Gasteiger partial charge in [0.05, 0.1) is 32.8 Å². The quantitative estimate of drug-likeness (QED) is 0.354. The highest BCUT2D eigenvalue weighted by Gasteiger charge is 2.52. The third kappa shape index (κ3) is 5.79. The number of carbonyl (C=O) groups excluding carboxylic acids is 1. The standard InChI is InChI=1S/C26H26O5/c27-25-26(29-18-22-12-6-2-7-13-22,30-19-23-14-8-3-9-15-23)16-24(31-25)20-28-17-21-10-4-1-5-11-21/h1-15,24H,16-20H2. The first-order valence-corrected chi connectivity index (χ1v) is 10.4. The Morgan fingerprint density at radius 1 is 0.710 bits per heavy atom. The van der Waals surface area contributed by atoms with Crippen LogP contribution in [-0.4, -0.2) is 24.5 Å². The lowest BCUT2D eigenvalue weighted by molar-refractivity contribution is -0.239. The van der Waals surface area contributed by atoms with E-state index in [0.717, 1.165) is 16.7 Å². The van der Waals surface area contributed by atoms with Gasteiger partial charge in [0, 0.05) is 0 Å². The number of hydrogen-bond acceptors (Lipinski definition) is 5. The van der Waals surface area contributed by atoms with Crippen LogP contribution in [0.1, 0.15) is 23.1 Å². The summed E-state index contributed by atoms with van der Waals surface area (Å²) in [6.07, 6.45) is -0.150. The molecular weight excluding hydrogens is 392 g/mol. The van der Waals surface area contributed by atoms with Crippen LogP contribution in [-0.2, 0) is 43.6 Å². The number of benzene rings is 3. The number of rotatable bonds is 10. The molecule has 160 valence electrons. The monoisotopic (exact) mass is 418 g/mol. The van der Waals surface area contributed by atoms with E-state index in [0.29, 0.717) is 6.61 Å². The van der Waals surface area contributed by atoms with Crippen molar-refractivity contribution in [2.75, 3.05) is 6.61 Å². The summed E-state index contributed by atoms with van der Waals surface area (Å²) in [6, 6.07) is 29.3. The molecule has 5 heteroatoms. The van der Waals surface area contributed by atoms with Crippen LogP contribution in [0.5, 0.6) is 0 Å². The maximum absolute atomic E-state index is 12.9. The molecule has 3 aromatic carbocycles. The molecule has 5 nitrogen and oxygen atoms in total. The molecule has 0 aliphatic carbocycles. The number of ether oxygens (including phenoxy) is 4. The summed E-state index contributed by atoms with van der Waals surface area (Å²) in [6.45, 7) is 1.24. The van der Waals surface area contributed by atoms with Crippen LogP contribution in [0.15, 0.2) is 91.0 Å². The molecule has 0 N–H and O–H groups in total. The zero-order valence-electron chi connectivity index (χ0n) is 17.3. The first kappa shape index (κ1) is 21.2. The average Bonchev–Trinajstić information content (AvgIpc) is 3.14. The van der Waals surface area contributed by atoms with Gasteiger partial charge in [-0.25, -0.2) is 4.79 Å². The lowest BCUT2D eigenvalue weighted by Crippen LogP contribution is -2.40. The van der Waals surface area contributed by atoms with Crippen LogP contribution >= 0.6 is 0 Å². The van der Waals surface area contributed by atoms with Gasteiger partial charge < -0.3 is 18.9 Å². The number of cyclic esters (lactones) is 1. The predicted octanol–water partition coefficient (Wildman–Crippen LogP) is 4.65. The molecule has 0 bridgehead atoms. The molecule has 1 saturated heterocycles. The molecule has 1 atom stereocenters. The van der Waals surface area contributed by atoms with Gasteiger partial charge in [-0.1, -0.05) is 91.0 Å². The summed E-state index contributed by atoms with van der Waals surface area (Å²) in [5.41, 5.74) is 2.99. The van der Waals surface area contributed by atoms with Crippen molar-refractivity contribution < 1.29 is 23.7 Å². The molecule has 3 aromatic rings. The van der Waals surface area contributed by atoms with E-state index in [1.807, 2.05) is 91.0 Å². The van der Waals surface area contributed by atoms with Gasteiger partial charge in [-0.05, 0) is 16.7 Å². The molecule has 0 amide bonds. The normalized spacial score (nSPS) is 17.4. The van der Waals surface area contributed by atoms with Crippen LogP contribution in [0.25, 0.3) is 0 Å². The molecule has 1 aliphatic heterocycles. The molecular formula is C26H26O5. The van der Waals surface area contributed by atoms with E-state index in [-0.39, 0.29) is 26.2 Å². The molecule has 0 aromatic heterocycles. The molecule has 1 aliphatic rings. The first-order valence-electron chi connectivity index (χ1n) is 10.4. The van der Waals surface area contributed by atoms with Crippen molar-refractivity contribution in [3.63, 3.8) is 0 Å². The third-order valence-corrected chi connectivity index (χ3v) is 5.13. The van der Waals surface area contributed by atoms with Crippen molar-refractivity contribution in [2.24, 2.45) is 0 Å². The minimum atomic E-state index is -1.45. The Hall–Kier alpha value is -2.99. The predicted molar refractivity (Wildman–Crippen MR) is 116 cm³/mol. The Balaban J connectivity index is 1.40. The highest BCUT2D eigenvalue weighted by atomic mass is 16.7. The van der Waals surface area contributed by atoms with Crippen LogP contribution in [0, 0.1) is 0 Å². The highest BCUT2D eigenvalue weighted by molar-refractivity contribution is 5.80. The van der Waals surface area contributed by atoms with Gasteiger partial charge in [0.2, 0.25) is 0 Å². The van der Waals surface area contributed by atoms with Gasteiger partial charge in [-0.15, -0.1) is 0 Å². The minimum absolute atomic E-state index is 0.252. The lowest BCUT2D eigenvalue weighted by Gasteiger charge is -2.25. The van der Waals surface area contributed by atoms with E-state index >= 15 is 0 Å². The van der Waals surface area contributed by atoms with Crippen LogP contribution in [0.4, 0.5) is 0 Å². The highest BCUT2D eigenvalue weighted by Crippen LogP contribution is 2.33.